The number of carbonyl (C=O) groups is 2. The normalized spacial score (nSPS) is 13.2. The van der Waals surface area contributed by atoms with Crippen LogP contribution in [-0.2, 0) is 32.6 Å². The summed E-state index contributed by atoms with van der Waals surface area (Å²) in [6.45, 7) is 2.63. The van der Waals surface area contributed by atoms with Gasteiger partial charge in [-0.05, 0) is 41.8 Å². The molecule has 1 aliphatic heterocycles. The van der Waals surface area contributed by atoms with Crippen molar-refractivity contribution >= 4 is 39.1 Å². The number of sulfonamides is 1. The maximum absolute atomic E-state index is 14.1. The van der Waals surface area contributed by atoms with Gasteiger partial charge in [0.2, 0.25) is 21.8 Å². The molecule has 9 nitrogen and oxygen atoms in total. The second-order valence-electron chi connectivity index (χ2n) is 9.75. The second-order valence-corrected chi connectivity index (χ2v) is 12.1. The van der Waals surface area contributed by atoms with Gasteiger partial charge in [0.15, 0.2) is 11.5 Å². The SMILES string of the molecule is CCCNC(=O)[C@@H](Cc1ccccc1)N(Cc1cccc(Cl)c1)C(=O)CN(c1ccc2c(c1)OCCO2)S(C)(=O)=O. The number of rotatable bonds is 12. The molecule has 0 bridgehead atoms. The van der Waals surface area contributed by atoms with Crippen molar-refractivity contribution in [3.8, 4) is 11.5 Å². The number of carbonyl (C=O) groups excluding carboxylic acids is 2. The van der Waals surface area contributed by atoms with Gasteiger partial charge in [-0.25, -0.2) is 8.42 Å². The minimum Gasteiger partial charge on any atom is -0.486 e. The summed E-state index contributed by atoms with van der Waals surface area (Å²) in [4.78, 5) is 29.1. The molecule has 0 unspecified atom stereocenters. The molecule has 0 aliphatic carbocycles. The highest BCUT2D eigenvalue weighted by Gasteiger charge is 2.33. The molecule has 0 spiro atoms. The van der Waals surface area contributed by atoms with Crippen LogP contribution < -0.4 is 19.1 Å². The van der Waals surface area contributed by atoms with E-state index in [-0.39, 0.29) is 24.6 Å². The Bertz CT molecular complexity index is 1470. The smallest absolute Gasteiger partial charge is 0.244 e. The minimum atomic E-state index is -3.90. The molecule has 3 aromatic rings. The molecule has 4 rings (SSSR count). The Morgan fingerprint density at radius 1 is 0.951 bits per heavy atom. The van der Waals surface area contributed by atoms with Crippen molar-refractivity contribution in [2.75, 3.05) is 36.9 Å². The molecule has 1 atom stereocenters. The zero-order chi connectivity index (χ0) is 29.4. The zero-order valence-electron chi connectivity index (χ0n) is 23.1. The molecular weight excluding hydrogens is 566 g/mol. The van der Waals surface area contributed by atoms with Gasteiger partial charge in [0.25, 0.3) is 0 Å². The van der Waals surface area contributed by atoms with Gasteiger partial charge < -0.3 is 19.7 Å². The first-order valence-corrected chi connectivity index (χ1v) is 15.6. The highest BCUT2D eigenvalue weighted by Crippen LogP contribution is 2.34. The predicted octanol–water partition coefficient (Wildman–Crippen LogP) is 4.04. The first-order chi connectivity index (χ1) is 19.7. The maximum Gasteiger partial charge on any atom is 0.244 e. The van der Waals surface area contributed by atoms with Crippen LogP contribution in [0.25, 0.3) is 0 Å². The number of nitrogens with one attached hydrogen (secondary N) is 1. The lowest BCUT2D eigenvalue weighted by Crippen LogP contribution is -2.53. The summed E-state index contributed by atoms with van der Waals surface area (Å²) >= 11 is 6.24. The first kappa shape index (κ1) is 30.2. The molecule has 1 N–H and O–H groups in total. The molecule has 0 saturated heterocycles. The van der Waals surface area contributed by atoms with E-state index in [1.54, 1.807) is 36.4 Å². The fourth-order valence-electron chi connectivity index (χ4n) is 4.55. The van der Waals surface area contributed by atoms with Gasteiger partial charge in [0.05, 0.1) is 11.9 Å². The number of ether oxygens (including phenoxy) is 2. The Morgan fingerprint density at radius 3 is 2.34 bits per heavy atom. The minimum absolute atomic E-state index is 0.0508. The Balaban J connectivity index is 1.72. The van der Waals surface area contributed by atoms with Crippen LogP contribution in [0.15, 0.2) is 72.8 Å². The van der Waals surface area contributed by atoms with Gasteiger partial charge in [-0.15, -0.1) is 0 Å². The van der Waals surface area contributed by atoms with Gasteiger partial charge >= 0.3 is 0 Å². The number of fused-ring (bicyclic) bond motifs is 1. The Labute approximate surface area is 246 Å². The number of amides is 2. The molecule has 0 aromatic heterocycles. The fraction of sp³-hybridized carbons (Fsp3) is 0.333. The van der Waals surface area contributed by atoms with Gasteiger partial charge in [0.1, 0.15) is 25.8 Å². The van der Waals surface area contributed by atoms with E-state index in [0.717, 1.165) is 22.5 Å². The molecule has 3 aromatic carbocycles. The summed E-state index contributed by atoms with van der Waals surface area (Å²) < 4.78 is 38.2. The fourth-order valence-corrected chi connectivity index (χ4v) is 5.61. The monoisotopic (exact) mass is 599 g/mol. The summed E-state index contributed by atoms with van der Waals surface area (Å²) in [5.41, 5.74) is 1.82. The first-order valence-electron chi connectivity index (χ1n) is 13.4. The Morgan fingerprint density at radius 2 is 1.66 bits per heavy atom. The summed E-state index contributed by atoms with van der Waals surface area (Å²) in [5.74, 6) is 0.0265. The number of anilines is 1. The largest absolute Gasteiger partial charge is 0.486 e. The van der Waals surface area contributed by atoms with Crippen molar-refractivity contribution in [3.05, 3.63) is 88.9 Å². The summed E-state index contributed by atoms with van der Waals surface area (Å²) in [7, 11) is -3.90. The average molecular weight is 600 g/mol. The zero-order valence-corrected chi connectivity index (χ0v) is 24.7. The van der Waals surface area contributed by atoms with E-state index in [4.69, 9.17) is 21.1 Å². The third-order valence-corrected chi connectivity index (χ3v) is 7.93. The van der Waals surface area contributed by atoms with E-state index in [2.05, 4.69) is 5.32 Å². The predicted molar refractivity (Wildman–Crippen MR) is 159 cm³/mol. The van der Waals surface area contributed by atoms with E-state index in [1.165, 1.54) is 4.90 Å². The lowest BCUT2D eigenvalue weighted by Gasteiger charge is -2.33. The van der Waals surface area contributed by atoms with Gasteiger partial charge in [-0.1, -0.05) is 61.0 Å². The molecule has 11 heteroatoms. The lowest BCUT2D eigenvalue weighted by molar-refractivity contribution is -0.140. The topological polar surface area (TPSA) is 105 Å². The van der Waals surface area contributed by atoms with Crippen LogP contribution in [0.4, 0.5) is 5.69 Å². The number of benzene rings is 3. The van der Waals surface area contributed by atoms with Crippen molar-refractivity contribution in [1.82, 2.24) is 10.2 Å². The molecule has 41 heavy (non-hydrogen) atoms. The highest BCUT2D eigenvalue weighted by atomic mass is 35.5. The maximum atomic E-state index is 14.1. The van der Waals surface area contributed by atoms with E-state index >= 15 is 0 Å². The van der Waals surface area contributed by atoms with Gasteiger partial charge in [0, 0.05) is 30.6 Å². The van der Waals surface area contributed by atoms with Crippen molar-refractivity contribution in [2.24, 2.45) is 0 Å². The van der Waals surface area contributed by atoms with E-state index < -0.39 is 28.5 Å². The number of halogens is 1. The van der Waals surface area contributed by atoms with Crippen LogP contribution >= 0.6 is 11.6 Å². The van der Waals surface area contributed by atoms with Gasteiger partial charge in [-0.2, -0.15) is 0 Å². The molecular formula is C30H34ClN3O6S. The van der Waals surface area contributed by atoms with Crippen LogP contribution in [0, 0.1) is 0 Å². The number of hydrogen-bond acceptors (Lipinski definition) is 6. The van der Waals surface area contributed by atoms with E-state index in [9.17, 15) is 18.0 Å². The Kier molecular flexibility index (Phi) is 10.1. The summed E-state index contributed by atoms with van der Waals surface area (Å²) in [5, 5.41) is 3.40. The van der Waals surface area contributed by atoms with Crippen molar-refractivity contribution in [3.63, 3.8) is 0 Å². The molecule has 2 amide bonds. The summed E-state index contributed by atoms with van der Waals surface area (Å²) in [6, 6.07) is 20.2. The standard InChI is InChI=1S/C30H34ClN3O6S/c1-3-14-32-30(36)26(18-22-8-5-4-6-9-22)33(20-23-10-7-11-24(31)17-23)29(35)21-34(41(2,37)38)25-12-13-27-28(19-25)40-16-15-39-27/h4-13,17,19,26H,3,14-16,18,20-21H2,1-2H3,(H,32,36)/t26-/m1/s1. The molecule has 0 radical (unpaired) electrons. The highest BCUT2D eigenvalue weighted by molar-refractivity contribution is 7.92. The van der Waals surface area contributed by atoms with Crippen LogP contribution in [0.1, 0.15) is 24.5 Å². The molecule has 0 fully saturated rings. The third kappa shape index (κ3) is 8.14. The molecule has 0 saturated carbocycles. The van der Waals surface area contributed by atoms with Crippen LogP contribution in [0.2, 0.25) is 5.02 Å². The lowest BCUT2D eigenvalue weighted by atomic mass is 10.0. The van der Waals surface area contributed by atoms with Crippen molar-refractivity contribution < 1.29 is 27.5 Å². The molecule has 1 aliphatic rings. The molecule has 218 valence electrons. The van der Waals surface area contributed by atoms with Gasteiger partial charge in [-0.3, -0.25) is 13.9 Å². The second kappa shape index (κ2) is 13.7. The van der Waals surface area contributed by atoms with E-state index in [0.29, 0.717) is 41.8 Å². The van der Waals surface area contributed by atoms with Crippen molar-refractivity contribution in [1.29, 1.82) is 0 Å². The Hall–Kier alpha value is -3.76. The quantitative estimate of drug-likeness (QED) is 0.337. The number of hydrogen-bond donors (Lipinski definition) is 1. The van der Waals surface area contributed by atoms with E-state index in [1.807, 2.05) is 43.3 Å². The third-order valence-electron chi connectivity index (χ3n) is 6.56. The van der Waals surface area contributed by atoms with Crippen LogP contribution in [-0.4, -0.2) is 63.7 Å². The van der Waals surface area contributed by atoms with Crippen LogP contribution in [0.3, 0.4) is 0 Å². The number of nitrogens with zero attached hydrogens (tertiary/aromatic N) is 2. The summed E-state index contributed by atoms with van der Waals surface area (Å²) in [6.07, 6.45) is 2.00. The average Bonchev–Trinajstić information content (AvgIpc) is 2.96. The molecule has 1 heterocycles. The van der Waals surface area contributed by atoms with Crippen LogP contribution in [0.5, 0.6) is 11.5 Å². The van der Waals surface area contributed by atoms with Crippen molar-refractivity contribution in [2.45, 2.75) is 32.4 Å².